The summed E-state index contributed by atoms with van der Waals surface area (Å²) in [6, 6.07) is 1.94. The van der Waals surface area contributed by atoms with Gasteiger partial charge in [-0.25, -0.2) is 0 Å². The molecule has 0 saturated carbocycles. The van der Waals surface area contributed by atoms with Gasteiger partial charge in [-0.1, -0.05) is 0 Å². The Bertz CT molecular complexity index is 334. The van der Waals surface area contributed by atoms with Gasteiger partial charge in [0.2, 0.25) is 0 Å². The first-order chi connectivity index (χ1) is 4.92. The summed E-state index contributed by atoms with van der Waals surface area (Å²) in [4.78, 5) is 0. The van der Waals surface area contributed by atoms with Crippen molar-refractivity contribution in [3.63, 3.8) is 0 Å². The summed E-state index contributed by atoms with van der Waals surface area (Å²) >= 11 is 3.19. The van der Waals surface area contributed by atoms with Crippen LogP contribution in [0.3, 0.4) is 0 Å². The van der Waals surface area contributed by atoms with Crippen LogP contribution in [0.4, 0.5) is 0 Å². The molecule has 0 spiro atoms. The van der Waals surface area contributed by atoms with Crippen molar-refractivity contribution in [3.8, 4) is 5.75 Å². The van der Waals surface area contributed by atoms with Gasteiger partial charge in [-0.2, -0.15) is 0 Å². The molecule has 0 N–H and O–H groups in total. The molecule has 2 aromatic heterocycles. The number of methoxy groups -OCH3 is 1. The maximum atomic E-state index is 5.07. The Morgan fingerprint density at radius 1 is 1.50 bits per heavy atom. The summed E-state index contributed by atoms with van der Waals surface area (Å²) in [6.45, 7) is 0. The Labute approximate surface area is 66.9 Å². The third-order valence-electron chi connectivity index (χ3n) is 1.26. The molecule has 2 heterocycles. The lowest BCUT2D eigenvalue weighted by Gasteiger charge is -1.89. The molecule has 50 valence electrons. The van der Waals surface area contributed by atoms with Gasteiger partial charge in [-0.3, -0.25) is 0 Å². The molecular formula is C7H4OS2. The predicted molar refractivity (Wildman–Crippen MR) is 43.9 cm³/mol. The zero-order valence-corrected chi connectivity index (χ0v) is 6.94. The highest BCUT2D eigenvalue weighted by atomic mass is 32.2. The quantitative estimate of drug-likeness (QED) is 0.636. The Kier molecular flexibility index (Phi) is 1.39. The molecule has 3 heteroatoms. The fourth-order valence-corrected chi connectivity index (χ4v) is 2.41. The Balaban J connectivity index is 2.76. The van der Waals surface area contributed by atoms with Crippen molar-refractivity contribution in [3.05, 3.63) is 16.8 Å². The third kappa shape index (κ3) is 0.744. The van der Waals surface area contributed by atoms with Gasteiger partial charge in [0.15, 0.2) is 0 Å². The van der Waals surface area contributed by atoms with Crippen LogP contribution in [0.15, 0.2) is 6.07 Å². The lowest BCUT2D eigenvalue weighted by atomic mass is 10.4. The largest absolute Gasteiger partial charge is 0.495 e. The van der Waals surface area contributed by atoms with Gasteiger partial charge in [0, 0.05) is 10.8 Å². The number of fused-ring (bicyclic) bond motifs is 1. The lowest BCUT2D eigenvalue weighted by molar-refractivity contribution is 0.420. The minimum absolute atomic E-state index is 0.845. The maximum absolute atomic E-state index is 5.07. The number of hydrogen-bond acceptors (Lipinski definition) is 3. The van der Waals surface area contributed by atoms with E-state index in [0.717, 1.165) is 11.1 Å². The lowest BCUT2D eigenvalue weighted by Crippen LogP contribution is -1.76. The summed E-state index contributed by atoms with van der Waals surface area (Å²) in [5.41, 5.74) is 0. The van der Waals surface area contributed by atoms with Crippen LogP contribution in [-0.4, -0.2) is 7.11 Å². The first-order valence-corrected chi connectivity index (χ1v) is 4.39. The average Bonchev–Trinajstić information content (AvgIpc) is 2.44. The van der Waals surface area contributed by atoms with Crippen molar-refractivity contribution in [2.75, 3.05) is 7.11 Å². The third-order valence-corrected chi connectivity index (χ3v) is 3.09. The van der Waals surface area contributed by atoms with E-state index < -0.39 is 0 Å². The predicted octanol–water partition coefficient (Wildman–Crippen LogP) is 2.57. The highest BCUT2D eigenvalue weighted by Crippen LogP contribution is 2.34. The van der Waals surface area contributed by atoms with Gasteiger partial charge >= 0.3 is 0 Å². The van der Waals surface area contributed by atoms with E-state index in [1.165, 1.54) is 4.01 Å². The second-order valence-electron chi connectivity index (χ2n) is 1.80. The fraction of sp³-hybridized carbons (Fsp3) is 0.143. The van der Waals surface area contributed by atoms with E-state index in [0.29, 0.717) is 0 Å². The number of thiophene rings is 2. The molecule has 0 unspecified atom stereocenters. The molecule has 0 aromatic carbocycles. The highest BCUT2D eigenvalue weighted by molar-refractivity contribution is 7.36. The van der Waals surface area contributed by atoms with Gasteiger partial charge in [0.25, 0.3) is 0 Å². The normalized spacial score (nSPS) is 10.5. The highest BCUT2D eigenvalue weighted by Gasteiger charge is 2.03. The molecule has 10 heavy (non-hydrogen) atoms. The molecule has 1 nitrogen and oxygen atoms in total. The first-order valence-electron chi connectivity index (χ1n) is 2.76. The molecule has 2 aromatic rings. The summed E-state index contributed by atoms with van der Waals surface area (Å²) < 4.78 is 6.30. The minimum Gasteiger partial charge on any atom is -0.495 e. The van der Waals surface area contributed by atoms with Crippen LogP contribution < -0.4 is 4.74 Å². The van der Waals surface area contributed by atoms with E-state index in [1.807, 2.05) is 6.07 Å². The first kappa shape index (κ1) is 6.19. The number of ether oxygens (including phenoxy) is 1. The van der Waals surface area contributed by atoms with Crippen LogP contribution >= 0.6 is 22.7 Å². The van der Waals surface area contributed by atoms with Crippen LogP contribution in [0.2, 0.25) is 0 Å². The van der Waals surface area contributed by atoms with Crippen molar-refractivity contribution >= 4 is 32.1 Å². The van der Waals surface area contributed by atoms with E-state index in [2.05, 4.69) is 10.8 Å². The molecule has 0 bridgehead atoms. The van der Waals surface area contributed by atoms with Crippen LogP contribution in [-0.2, 0) is 0 Å². The van der Waals surface area contributed by atoms with Gasteiger partial charge in [0.1, 0.15) is 5.75 Å². The summed E-state index contributed by atoms with van der Waals surface area (Å²) in [7, 11) is 1.66. The second kappa shape index (κ2) is 2.25. The van der Waals surface area contributed by atoms with Gasteiger partial charge < -0.3 is 4.74 Å². The summed E-state index contributed by atoms with van der Waals surface area (Å²) in [6.07, 6.45) is 0. The van der Waals surface area contributed by atoms with E-state index in [-0.39, 0.29) is 0 Å². The van der Waals surface area contributed by atoms with Gasteiger partial charge in [-0.15, -0.1) is 22.7 Å². The summed E-state index contributed by atoms with van der Waals surface area (Å²) in [5, 5.41) is 7.23. The monoisotopic (exact) mass is 168 g/mol. The van der Waals surface area contributed by atoms with Crippen LogP contribution in [0.1, 0.15) is 0 Å². The topological polar surface area (TPSA) is 9.23 Å². The minimum atomic E-state index is 0.845. The van der Waals surface area contributed by atoms with E-state index in [9.17, 15) is 0 Å². The Hall–Kier alpha value is -0.540. The zero-order chi connectivity index (χ0) is 6.97. The molecule has 0 saturated heterocycles. The van der Waals surface area contributed by atoms with E-state index >= 15 is 0 Å². The van der Waals surface area contributed by atoms with E-state index in [1.54, 1.807) is 29.8 Å². The molecule has 0 atom stereocenters. The van der Waals surface area contributed by atoms with Crippen molar-refractivity contribution in [1.82, 2.24) is 0 Å². The summed E-state index contributed by atoms with van der Waals surface area (Å²) in [5.74, 6) is 0.845. The van der Waals surface area contributed by atoms with Gasteiger partial charge in [-0.05, 0) is 6.07 Å². The Morgan fingerprint density at radius 3 is 3.20 bits per heavy atom. The zero-order valence-electron chi connectivity index (χ0n) is 5.30. The Morgan fingerprint density at radius 2 is 2.40 bits per heavy atom. The SMILES string of the molecule is COc1[c]sc2s[c]cc12. The molecule has 0 amide bonds. The van der Waals surface area contributed by atoms with Crippen LogP contribution in [0.5, 0.6) is 5.75 Å². The molecule has 2 radical (unpaired) electrons. The van der Waals surface area contributed by atoms with Crippen molar-refractivity contribution < 1.29 is 4.74 Å². The number of hydrogen-bond donors (Lipinski definition) is 0. The molecular weight excluding hydrogens is 164 g/mol. The van der Waals surface area contributed by atoms with Crippen LogP contribution in [0, 0.1) is 10.8 Å². The standard InChI is InChI=1S/C7H4OS2/c1-8-6-4-10-7-5(6)2-3-9-7/h2H,1H3. The van der Waals surface area contributed by atoms with Crippen molar-refractivity contribution in [2.24, 2.45) is 0 Å². The smallest absolute Gasteiger partial charge is 0.147 e. The van der Waals surface area contributed by atoms with Crippen LogP contribution in [0.25, 0.3) is 9.40 Å². The average molecular weight is 168 g/mol. The number of rotatable bonds is 1. The van der Waals surface area contributed by atoms with Gasteiger partial charge in [0.05, 0.1) is 16.5 Å². The molecule has 2 rings (SSSR count). The van der Waals surface area contributed by atoms with Crippen molar-refractivity contribution in [1.29, 1.82) is 0 Å². The molecule has 0 fully saturated rings. The molecule has 0 aliphatic heterocycles. The molecule has 0 aliphatic rings. The molecule has 0 aliphatic carbocycles. The fourth-order valence-electron chi connectivity index (χ4n) is 0.789. The van der Waals surface area contributed by atoms with E-state index in [4.69, 9.17) is 4.74 Å². The van der Waals surface area contributed by atoms with Crippen molar-refractivity contribution in [2.45, 2.75) is 0 Å². The maximum Gasteiger partial charge on any atom is 0.147 e. The second-order valence-corrected chi connectivity index (χ2v) is 3.73.